The summed E-state index contributed by atoms with van der Waals surface area (Å²) >= 11 is 3.38. The Bertz CT molecular complexity index is 505. The number of ether oxygens (including phenoxy) is 1. The zero-order valence-corrected chi connectivity index (χ0v) is 10.4. The second kappa shape index (κ2) is 4.14. The van der Waals surface area contributed by atoms with E-state index in [4.69, 9.17) is 4.74 Å². The first kappa shape index (κ1) is 10.2. The third kappa shape index (κ3) is 1.74. The smallest absolute Gasteiger partial charge is 0.161 e. The highest BCUT2D eigenvalue weighted by atomic mass is 79.9. The molecule has 0 aromatic carbocycles. The van der Waals surface area contributed by atoms with Crippen molar-refractivity contribution in [3.63, 3.8) is 0 Å². The van der Waals surface area contributed by atoms with Crippen LogP contribution in [0.15, 0.2) is 22.9 Å². The van der Waals surface area contributed by atoms with E-state index in [0.29, 0.717) is 0 Å². The average Bonchev–Trinajstić information content (AvgIpc) is 2.73. The maximum atomic E-state index is 5.72. The molecule has 0 radical (unpaired) electrons. The number of aromatic nitrogens is 3. The number of halogens is 1. The molecule has 1 aliphatic heterocycles. The molecule has 0 amide bonds. The maximum absolute atomic E-state index is 5.72. The molecule has 0 bridgehead atoms. The molecule has 1 atom stereocenters. The van der Waals surface area contributed by atoms with Gasteiger partial charge >= 0.3 is 0 Å². The summed E-state index contributed by atoms with van der Waals surface area (Å²) < 4.78 is 8.43. The molecule has 0 saturated carbocycles. The van der Waals surface area contributed by atoms with Crippen LogP contribution in [0.4, 0.5) is 0 Å². The van der Waals surface area contributed by atoms with Gasteiger partial charge in [0.1, 0.15) is 4.60 Å². The molecule has 3 rings (SSSR count). The van der Waals surface area contributed by atoms with Crippen molar-refractivity contribution in [1.29, 1.82) is 0 Å². The number of hydrogen-bond donors (Lipinski definition) is 0. The van der Waals surface area contributed by atoms with Gasteiger partial charge < -0.3 is 4.74 Å². The van der Waals surface area contributed by atoms with Crippen LogP contribution >= 0.6 is 15.9 Å². The van der Waals surface area contributed by atoms with Gasteiger partial charge in [0.05, 0.1) is 6.20 Å². The molecule has 1 unspecified atom stereocenters. The molecule has 0 N–H and O–H groups in total. The molecular formula is C11H12BrN3O. The topological polar surface area (TPSA) is 39.9 Å². The number of nitrogens with zero attached hydrogens (tertiary/aromatic N) is 3. The van der Waals surface area contributed by atoms with Gasteiger partial charge in [-0.3, -0.25) is 0 Å². The summed E-state index contributed by atoms with van der Waals surface area (Å²) in [6, 6.07) is 3.94. The van der Waals surface area contributed by atoms with E-state index >= 15 is 0 Å². The lowest BCUT2D eigenvalue weighted by molar-refractivity contribution is -0.0370. The van der Waals surface area contributed by atoms with Gasteiger partial charge in [-0.2, -0.15) is 5.10 Å². The summed E-state index contributed by atoms with van der Waals surface area (Å²) in [5, 5.41) is 5.42. The Balaban J connectivity index is 2.05. The van der Waals surface area contributed by atoms with Crippen LogP contribution in [0, 0.1) is 0 Å². The number of rotatable bonds is 1. The van der Waals surface area contributed by atoms with E-state index in [1.807, 2.05) is 23.0 Å². The van der Waals surface area contributed by atoms with Crippen molar-refractivity contribution in [2.45, 2.75) is 25.5 Å². The Morgan fingerprint density at radius 2 is 2.31 bits per heavy atom. The highest BCUT2D eigenvalue weighted by Gasteiger charge is 2.19. The molecule has 4 nitrogen and oxygen atoms in total. The summed E-state index contributed by atoms with van der Waals surface area (Å²) in [6.45, 7) is 0.819. The van der Waals surface area contributed by atoms with Crippen molar-refractivity contribution in [2.24, 2.45) is 0 Å². The van der Waals surface area contributed by atoms with Gasteiger partial charge in [0, 0.05) is 12.0 Å². The van der Waals surface area contributed by atoms with Crippen molar-refractivity contribution >= 4 is 27.0 Å². The van der Waals surface area contributed by atoms with Crippen LogP contribution in [0.25, 0.3) is 11.0 Å². The Labute approximate surface area is 102 Å². The van der Waals surface area contributed by atoms with Crippen LogP contribution in [-0.2, 0) is 4.74 Å². The van der Waals surface area contributed by atoms with Gasteiger partial charge in [0.2, 0.25) is 0 Å². The fraction of sp³-hybridized carbons (Fsp3) is 0.455. The lowest BCUT2D eigenvalue weighted by Crippen LogP contribution is -2.19. The Kier molecular flexibility index (Phi) is 2.65. The third-order valence-corrected chi connectivity index (χ3v) is 3.28. The highest BCUT2D eigenvalue weighted by Crippen LogP contribution is 2.25. The van der Waals surface area contributed by atoms with Crippen LogP contribution in [0.2, 0.25) is 0 Å². The first-order valence-electron chi connectivity index (χ1n) is 5.46. The van der Waals surface area contributed by atoms with Gasteiger partial charge in [-0.05, 0) is 47.3 Å². The lowest BCUT2D eigenvalue weighted by atomic mass is 10.2. The monoisotopic (exact) mass is 281 g/mol. The summed E-state index contributed by atoms with van der Waals surface area (Å²) in [5.74, 6) is 0. The zero-order chi connectivity index (χ0) is 11.0. The second-order valence-electron chi connectivity index (χ2n) is 3.96. The lowest BCUT2D eigenvalue weighted by Gasteiger charge is -2.22. The molecule has 1 aliphatic rings. The fourth-order valence-corrected chi connectivity index (χ4v) is 2.33. The zero-order valence-electron chi connectivity index (χ0n) is 8.77. The molecule has 0 spiro atoms. The maximum Gasteiger partial charge on any atom is 0.161 e. The van der Waals surface area contributed by atoms with Crippen molar-refractivity contribution < 1.29 is 4.74 Å². The molecular weight excluding hydrogens is 270 g/mol. The van der Waals surface area contributed by atoms with Gasteiger partial charge in [0.15, 0.2) is 11.9 Å². The Hall–Kier alpha value is -0.940. The van der Waals surface area contributed by atoms with Crippen molar-refractivity contribution in [1.82, 2.24) is 14.8 Å². The minimum absolute atomic E-state index is 0.0491. The van der Waals surface area contributed by atoms with Crippen LogP contribution in [-0.4, -0.2) is 21.4 Å². The van der Waals surface area contributed by atoms with E-state index in [0.717, 1.165) is 35.1 Å². The minimum Gasteiger partial charge on any atom is -0.356 e. The average molecular weight is 282 g/mol. The van der Waals surface area contributed by atoms with Gasteiger partial charge in [-0.1, -0.05) is 0 Å². The molecule has 3 heterocycles. The molecule has 2 aromatic heterocycles. The van der Waals surface area contributed by atoms with Gasteiger partial charge in [-0.15, -0.1) is 0 Å². The normalized spacial score (nSPS) is 21.4. The van der Waals surface area contributed by atoms with E-state index in [1.165, 1.54) is 6.42 Å². The summed E-state index contributed by atoms with van der Waals surface area (Å²) in [6.07, 6.45) is 5.25. The van der Waals surface area contributed by atoms with Crippen LogP contribution in [0.1, 0.15) is 25.5 Å². The Morgan fingerprint density at radius 1 is 1.38 bits per heavy atom. The van der Waals surface area contributed by atoms with Crippen molar-refractivity contribution in [3.05, 3.63) is 22.9 Å². The van der Waals surface area contributed by atoms with Crippen LogP contribution < -0.4 is 0 Å². The number of fused-ring (bicyclic) bond motifs is 1. The van der Waals surface area contributed by atoms with Crippen molar-refractivity contribution in [2.75, 3.05) is 6.61 Å². The molecule has 1 fully saturated rings. The van der Waals surface area contributed by atoms with Crippen LogP contribution in [0.3, 0.4) is 0 Å². The van der Waals surface area contributed by atoms with Crippen LogP contribution in [0.5, 0.6) is 0 Å². The predicted octanol–water partition coefficient (Wildman–Crippen LogP) is 2.89. The molecule has 5 heteroatoms. The van der Waals surface area contributed by atoms with Gasteiger partial charge in [0.25, 0.3) is 0 Å². The van der Waals surface area contributed by atoms with E-state index in [9.17, 15) is 0 Å². The van der Waals surface area contributed by atoms with E-state index in [1.54, 1.807) is 0 Å². The highest BCUT2D eigenvalue weighted by molar-refractivity contribution is 9.10. The molecule has 16 heavy (non-hydrogen) atoms. The molecule has 0 aliphatic carbocycles. The van der Waals surface area contributed by atoms with E-state index < -0.39 is 0 Å². The summed E-state index contributed by atoms with van der Waals surface area (Å²) in [7, 11) is 0. The molecule has 2 aromatic rings. The Morgan fingerprint density at radius 3 is 3.12 bits per heavy atom. The second-order valence-corrected chi connectivity index (χ2v) is 4.77. The largest absolute Gasteiger partial charge is 0.356 e. The summed E-state index contributed by atoms with van der Waals surface area (Å²) in [5.41, 5.74) is 0.890. The quantitative estimate of drug-likeness (QED) is 0.755. The van der Waals surface area contributed by atoms with E-state index in [2.05, 4.69) is 26.0 Å². The standard InChI is InChI=1S/C11H12BrN3O/c12-9-5-4-8-7-13-15(11(8)14-9)10-3-1-2-6-16-10/h4-5,7,10H,1-3,6H2. The van der Waals surface area contributed by atoms with Crippen molar-refractivity contribution in [3.8, 4) is 0 Å². The van der Waals surface area contributed by atoms with Gasteiger partial charge in [-0.25, -0.2) is 9.67 Å². The number of pyridine rings is 1. The first-order chi connectivity index (χ1) is 7.84. The number of hydrogen-bond acceptors (Lipinski definition) is 3. The predicted molar refractivity (Wildman–Crippen MR) is 64.1 cm³/mol. The third-order valence-electron chi connectivity index (χ3n) is 2.84. The fourth-order valence-electron chi connectivity index (χ4n) is 2.03. The minimum atomic E-state index is 0.0491. The SMILES string of the molecule is Brc1ccc2cnn(C3CCCCO3)c2n1. The summed E-state index contributed by atoms with van der Waals surface area (Å²) in [4.78, 5) is 4.45. The molecule has 1 saturated heterocycles. The van der Waals surface area contributed by atoms with E-state index in [-0.39, 0.29) is 6.23 Å². The first-order valence-corrected chi connectivity index (χ1v) is 6.25. The molecule has 84 valence electrons.